The molecule has 1 atom stereocenters. The zero-order valence-electron chi connectivity index (χ0n) is 19.4. The highest BCUT2D eigenvalue weighted by molar-refractivity contribution is 9.10. The number of amides is 1. The number of benzene rings is 2. The molecule has 0 saturated carbocycles. The lowest BCUT2D eigenvalue weighted by atomic mass is 9.95. The van der Waals surface area contributed by atoms with Crippen LogP contribution in [-0.4, -0.2) is 41.5 Å². The second-order valence-corrected chi connectivity index (χ2v) is 9.64. The standard InChI is InChI=1S/C26H21BrN2O6S/c1-4-13-35-18-11-7-16(8-12-18)21(30)19-20(15-5-9-17(27)10-6-15)29(24(32)22(19)31)26-28-14(2)23(36-26)25(33)34-3/h4-12,20,30H,1,13H2,2-3H3/b21-19+. The molecule has 1 aliphatic rings. The molecular weight excluding hydrogens is 548 g/mol. The van der Waals surface area contributed by atoms with Gasteiger partial charge in [0.05, 0.1) is 24.4 Å². The molecule has 1 N–H and O–H groups in total. The van der Waals surface area contributed by atoms with Gasteiger partial charge in [0.25, 0.3) is 5.78 Å². The highest BCUT2D eigenvalue weighted by Crippen LogP contribution is 2.44. The number of carbonyl (C=O) groups excluding carboxylic acids is 3. The number of aromatic nitrogens is 1. The summed E-state index contributed by atoms with van der Waals surface area (Å²) in [6.45, 7) is 5.54. The zero-order chi connectivity index (χ0) is 26.0. The molecule has 8 nitrogen and oxygen atoms in total. The van der Waals surface area contributed by atoms with Gasteiger partial charge in [0.15, 0.2) is 5.13 Å². The van der Waals surface area contributed by atoms with Gasteiger partial charge in [-0.25, -0.2) is 9.78 Å². The minimum atomic E-state index is -0.967. The third-order valence-electron chi connectivity index (χ3n) is 5.49. The van der Waals surface area contributed by atoms with E-state index in [1.165, 1.54) is 12.0 Å². The molecule has 1 saturated heterocycles. The first-order valence-corrected chi connectivity index (χ1v) is 12.3. The van der Waals surface area contributed by atoms with Crippen molar-refractivity contribution in [2.45, 2.75) is 13.0 Å². The molecule has 10 heteroatoms. The molecule has 4 rings (SSSR count). The van der Waals surface area contributed by atoms with Gasteiger partial charge < -0.3 is 14.6 Å². The summed E-state index contributed by atoms with van der Waals surface area (Å²) >= 11 is 4.34. The molecule has 36 heavy (non-hydrogen) atoms. The number of aliphatic hydroxyl groups excluding tert-OH is 1. The van der Waals surface area contributed by atoms with Crippen LogP contribution in [0.4, 0.5) is 5.13 Å². The number of esters is 1. The van der Waals surface area contributed by atoms with Crippen LogP contribution in [0.15, 0.2) is 71.2 Å². The van der Waals surface area contributed by atoms with Crippen molar-refractivity contribution < 1.29 is 29.0 Å². The van der Waals surface area contributed by atoms with Crippen molar-refractivity contribution in [3.63, 3.8) is 0 Å². The predicted octanol–water partition coefficient (Wildman–Crippen LogP) is 5.19. The summed E-state index contributed by atoms with van der Waals surface area (Å²) in [7, 11) is 1.25. The summed E-state index contributed by atoms with van der Waals surface area (Å²) in [4.78, 5) is 44.5. The van der Waals surface area contributed by atoms with Crippen molar-refractivity contribution in [2.24, 2.45) is 0 Å². The topological polar surface area (TPSA) is 106 Å². The van der Waals surface area contributed by atoms with E-state index in [1.54, 1.807) is 61.5 Å². The van der Waals surface area contributed by atoms with E-state index in [4.69, 9.17) is 9.47 Å². The number of carbonyl (C=O) groups is 3. The van der Waals surface area contributed by atoms with Crippen LogP contribution in [0.25, 0.3) is 5.76 Å². The second-order valence-electron chi connectivity index (χ2n) is 7.75. The normalized spacial score (nSPS) is 16.8. The maximum Gasteiger partial charge on any atom is 0.350 e. The fourth-order valence-electron chi connectivity index (χ4n) is 3.78. The molecule has 0 spiro atoms. The van der Waals surface area contributed by atoms with Gasteiger partial charge >= 0.3 is 11.9 Å². The Bertz CT molecular complexity index is 1380. The Morgan fingerprint density at radius 1 is 1.19 bits per heavy atom. The van der Waals surface area contributed by atoms with Crippen LogP contribution in [-0.2, 0) is 14.3 Å². The van der Waals surface area contributed by atoms with E-state index >= 15 is 0 Å². The lowest BCUT2D eigenvalue weighted by Crippen LogP contribution is -2.29. The zero-order valence-corrected chi connectivity index (χ0v) is 21.8. The molecule has 184 valence electrons. The van der Waals surface area contributed by atoms with E-state index in [0.29, 0.717) is 29.2 Å². The first-order valence-electron chi connectivity index (χ1n) is 10.7. The molecule has 0 radical (unpaired) electrons. The number of rotatable bonds is 7. The molecule has 1 fully saturated rings. The number of thiazole rings is 1. The largest absolute Gasteiger partial charge is 0.507 e. The van der Waals surface area contributed by atoms with Gasteiger partial charge in [-0.05, 0) is 48.9 Å². The summed E-state index contributed by atoms with van der Waals surface area (Å²) in [5.74, 6) is -2.09. The molecule has 2 aromatic carbocycles. The second kappa shape index (κ2) is 10.5. The van der Waals surface area contributed by atoms with E-state index in [0.717, 1.165) is 15.8 Å². The van der Waals surface area contributed by atoms with Crippen molar-refractivity contribution in [2.75, 3.05) is 18.6 Å². The summed E-state index contributed by atoms with van der Waals surface area (Å²) in [5, 5.41) is 11.4. The molecule has 0 bridgehead atoms. The molecular formula is C26H21BrN2O6S. The number of methoxy groups -OCH3 is 1. The Kier molecular flexibility index (Phi) is 7.37. The summed E-state index contributed by atoms with van der Waals surface area (Å²) in [6, 6.07) is 12.6. The Morgan fingerprint density at radius 2 is 1.86 bits per heavy atom. The first-order chi connectivity index (χ1) is 17.3. The number of halogens is 1. The molecule has 3 aromatic rings. The summed E-state index contributed by atoms with van der Waals surface area (Å²) < 4.78 is 11.1. The fraction of sp³-hybridized carbons (Fsp3) is 0.154. The SMILES string of the molecule is C=CCOc1ccc(/C(O)=C2\C(=O)C(=O)N(c3nc(C)c(C(=O)OC)s3)C2c2ccc(Br)cc2)cc1. The number of ketones is 1. The van der Waals surface area contributed by atoms with Crippen molar-refractivity contribution in [3.05, 3.63) is 92.9 Å². The number of aliphatic hydroxyl groups is 1. The number of Topliss-reactive ketones (excluding diaryl/α,β-unsaturated/α-hetero) is 1. The Balaban J connectivity index is 1.86. The minimum Gasteiger partial charge on any atom is -0.507 e. The molecule has 1 aromatic heterocycles. The highest BCUT2D eigenvalue weighted by Gasteiger charge is 2.48. The lowest BCUT2D eigenvalue weighted by molar-refractivity contribution is -0.132. The number of hydrogen-bond acceptors (Lipinski definition) is 8. The molecule has 2 heterocycles. The van der Waals surface area contributed by atoms with Gasteiger partial charge in [-0.3, -0.25) is 14.5 Å². The summed E-state index contributed by atoms with van der Waals surface area (Å²) in [6.07, 6.45) is 1.61. The van der Waals surface area contributed by atoms with E-state index in [9.17, 15) is 19.5 Å². The van der Waals surface area contributed by atoms with Gasteiger partial charge in [0.2, 0.25) is 0 Å². The maximum atomic E-state index is 13.3. The number of anilines is 1. The number of hydrogen-bond donors (Lipinski definition) is 1. The first kappa shape index (κ1) is 25.3. The van der Waals surface area contributed by atoms with Crippen molar-refractivity contribution in [1.82, 2.24) is 4.98 Å². The predicted molar refractivity (Wildman–Crippen MR) is 139 cm³/mol. The average molecular weight is 569 g/mol. The molecule has 0 aliphatic carbocycles. The minimum absolute atomic E-state index is 0.0884. The Hall–Kier alpha value is -3.76. The van der Waals surface area contributed by atoms with Crippen LogP contribution in [0.2, 0.25) is 0 Å². The fourth-order valence-corrected chi connectivity index (χ4v) is 5.05. The smallest absolute Gasteiger partial charge is 0.350 e. The number of aryl methyl sites for hydroxylation is 1. The quantitative estimate of drug-likeness (QED) is 0.137. The summed E-state index contributed by atoms with van der Waals surface area (Å²) in [5.41, 5.74) is 1.20. The molecule has 1 aliphatic heterocycles. The third kappa shape index (κ3) is 4.69. The third-order valence-corrected chi connectivity index (χ3v) is 7.15. The number of nitrogens with zero attached hydrogens (tertiary/aromatic N) is 2. The van der Waals surface area contributed by atoms with Crippen molar-refractivity contribution >= 4 is 55.8 Å². The van der Waals surface area contributed by atoms with Gasteiger partial charge in [0, 0.05) is 10.0 Å². The Labute approximate surface area is 219 Å². The van der Waals surface area contributed by atoms with Gasteiger partial charge in [-0.2, -0.15) is 0 Å². The van der Waals surface area contributed by atoms with E-state index in [1.807, 2.05) is 0 Å². The van der Waals surface area contributed by atoms with Gasteiger partial charge in [-0.1, -0.05) is 52.1 Å². The highest BCUT2D eigenvalue weighted by atomic mass is 79.9. The van der Waals surface area contributed by atoms with Gasteiger partial charge in [0.1, 0.15) is 23.0 Å². The maximum absolute atomic E-state index is 13.3. The van der Waals surface area contributed by atoms with E-state index in [2.05, 4.69) is 27.5 Å². The molecule has 1 unspecified atom stereocenters. The Morgan fingerprint density at radius 3 is 2.47 bits per heavy atom. The van der Waals surface area contributed by atoms with Crippen LogP contribution >= 0.6 is 27.3 Å². The monoisotopic (exact) mass is 568 g/mol. The van der Waals surface area contributed by atoms with E-state index < -0.39 is 23.7 Å². The van der Waals surface area contributed by atoms with Gasteiger partial charge in [-0.15, -0.1) is 0 Å². The van der Waals surface area contributed by atoms with Crippen molar-refractivity contribution in [1.29, 1.82) is 0 Å². The van der Waals surface area contributed by atoms with Crippen LogP contribution in [0.5, 0.6) is 5.75 Å². The lowest BCUT2D eigenvalue weighted by Gasteiger charge is -2.23. The van der Waals surface area contributed by atoms with E-state index in [-0.39, 0.29) is 21.3 Å². The van der Waals surface area contributed by atoms with Crippen LogP contribution in [0, 0.1) is 6.92 Å². The van der Waals surface area contributed by atoms with Crippen LogP contribution in [0.3, 0.4) is 0 Å². The average Bonchev–Trinajstić information content (AvgIpc) is 3.39. The number of ether oxygens (including phenoxy) is 2. The molecule has 1 amide bonds. The van der Waals surface area contributed by atoms with Crippen LogP contribution < -0.4 is 9.64 Å². The van der Waals surface area contributed by atoms with Crippen LogP contribution in [0.1, 0.15) is 32.5 Å². The van der Waals surface area contributed by atoms with Crippen molar-refractivity contribution in [3.8, 4) is 5.75 Å².